The second kappa shape index (κ2) is 8.03. The molecule has 0 saturated carbocycles. The standard InChI is InChI=1S/C18H15N5OS3/c19-16-22-23-18(27-16)25-8-7-15(24)21-17-20-14(10-26-17)13-6-5-11-3-1-2-4-12(11)9-13/h1-6,9-10H,7-8H2,(H2,19,22)(H,20,21,24). The van der Waals surface area contributed by atoms with Gasteiger partial charge in [0.25, 0.3) is 0 Å². The molecule has 4 aromatic rings. The summed E-state index contributed by atoms with van der Waals surface area (Å²) in [5, 5.41) is 15.9. The van der Waals surface area contributed by atoms with Gasteiger partial charge in [-0.2, -0.15) is 0 Å². The van der Waals surface area contributed by atoms with Crippen LogP contribution < -0.4 is 11.1 Å². The van der Waals surface area contributed by atoms with Crippen LogP contribution in [0.4, 0.5) is 10.3 Å². The number of nitrogens with one attached hydrogen (secondary N) is 1. The van der Waals surface area contributed by atoms with Gasteiger partial charge in [-0.3, -0.25) is 4.79 Å². The number of rotatable bonds is 6. The SMILES string of the molecule is Nc1nnc(SCCC(=O)Nc2nc(-c3ccc4ccccc4c3)cs2)s1. The number of hydrogen-bond acceptors (Lipinski definition) is 8. The Morgan fingerprint density at radius 1 is 1.15 bits per heavy atom. The number of thiazole rings is 1. The van der Waals surface area contributed by atoms with Crippen molar-refractivity contribution < 1.29 is 4.79 Å². The molecule has 0 atom stereocenters. The minimum Gasteiger partial charge on any atom is -0.374 e. The number of thioether (sulfide) groups is 1. The molecule has 2 aromatic carbocycles. The largest absolute Gasteiger partial charge is 0.374 e. The number of carbonyl (C=O) groups is 1. The fourth-order valence-electron chi connectivity index (χ4n) is 2.50. The number of carbonyl (C=O) groups excluding carboxylic acids is 1. The molecule has 0 aliphatic rings. The van der Waals surface area contributed by atoms with E-state index in [1.54, 1.807) is 0 Å². The van der Waals surface area contributed by atoms with Gasteiger partial charge in [-0.25, -0.2) is 4.98 Å². The Labute approximate surface area is 167 Å². The van der Waals surface area contributed by atoms with Crippen molar-refractivity contribution in [1.82, 2.24) is 15.2 Å². The van der Waals surface area contributed by atoms with Crippen molar-refractivity contribution in [3.63, 3.8) is 0 Å². The monoisotopic (exact) mass is 413 g/mol. The Morgan fingerprint density at radius 3 is 2.81 bits per heavy atom. The number of benzene rings is 2. The topological polar surface area (TPSA) is 93.8 Å². The number of aromatic nitrogens is 3. The number of nitrogen functional groups attached to an aromatic ring is 1. The molecule has 27 heavy (non-hydrogen) atoms. The fraction of sp³-hybridized carbons (Fsp3) is 0.111. The molecule has 2 aromatic heterocycles. The maximum atomic E-state index is 12.1. The number of amides is 1. The van der Waals surface area contributed by atoms with Crippen LogP contribution in [0.2, 0.25) is 0 Å². The van der Waals surface area contributed by atoms with Gasteiger partial charge in [0.15, 0.2) is 9.47 Å². The number of anilines is 2. The molecular weight excluding hydrogens is 398 g/mol. The highest BCUT2D eigenvalue weighted by Gasteiger charge is 2.10. The van der Waals surface area contributed by atoms with Crippen LogP contribution in [0.1, 0.15) is 6.42 Å². The second-order valence-electron chi connectivity index (χ2n) is 5.65. The molecule has 0 spiro atoms. The van der Waals surface area contributed by atoms with E-state index in [-0.39, 0.29) is 5.91 Å². The first-order chi connectivity index (χ1) is 13.2. The summed E-state index contributed by atoms with van der Waals surface area (Å²) >= 11 is 4.22. The van der Waals surface area contributed by atoms with E-state index in [9.17, 15) is 4.79 Å². The van der Waals surface area contributed by atoms with Crippen molar-refractivity contribution in [2.24, 2.45) is 0 Å². The van der Waals surface area contributed by atoms with Crippen molar-refractivity contribution >= 4 is 61.4 Å². The van der Waals surface area contributed by atoms with Gasteiger partial charge in [-0.05, 0) is 16.8 Å². The smallest absolute Gasteiger partial charge is 0.226 e. The lowest BCUT2D eigenvalue weighted by Gasteiger charge is -2.02. The third kappa shape index (κ3) is 4.44. The maximum absolute atomic E-state index is 12.1. The van der Waals surface area contributed by atoms with E-state index in [1.807, 2.05) is 23.6 Å². The first kappa shape index (κ1) is 17.9. The van der Waals surface area contributed by atoms with E-state index < -0.39 is 0 Å². The molecule has 0 bridgehead atoms. The zero-order valence-electron chi connectivity index (χ0n) is 14.1. The van der Waals surface area contributed by atoms with Crippen molar-refractivity contribution in [2.45, 2.75) is 10.8 Å². The van der Waals surface area contributed by atoms with E-state index in [1.165, 1.54) is 45.2 Å². The highest BCUT2D eigenvalue weighted by atomic mass is 32.2. The summed E-state index contributed by atoms with van der Waals surface area (Å²) in [6.45, 7) is 0. The Bertz CT molecular complexity index is 1090. The predicted octanol–water partition coefficient (Wildman–Crippen LogP) is 4.52. The Balaban J connectivity index is 1.36. The lowest BCUT2D eigenvalue weighted by atomic mass is 10.1. The molecule has 4 rings (SSSR count). The molecular formula is C18H15N5OS3. The Hall–Kier alpha value is -2.49. The number of hydrogen-bond donors (Lipinski definition) is 2. The van der Waals surface area contributed by atoms with E-state index in [2.05, 4.69) is 44.8 Å². The maximum Gasteiger partial charge on any atom is 0.226 e. The highest BCUT2D eigenvalue weighted by molar-refractivity contribution is 8.01. The molecule has 136 valence electrons. The first-order valence-corrected chi connectivity index (χ1v) is 10.8. The zero-order valence-corrected chi connectivity index (χ0v) is 16.5. The minimum absolute atomic E-state index is 0.0700. The van der Waals surface area contributed by atoms with Gasteiger partial charge in [0.05, 0.1) is 5.69 Å². The first-order valence-electron chi connectivity index (χ1n) is 8.14. The minimum atomic E-state index is -0.0700. The van der Waals surface area contributed by atoms with E-state index >= 15 is 0 Å². The zero-order chi connectivity index (χ0) is 18.6. The Morgan fingerprint density at radius 2 is 2.00 bits per heavy atom. The molecule has 0 fully saturated rings. The lowest BCUT2D eigenvalue weighted by Crippen LogP contribution is -2.11. The van der Waals surface area contributed by atoms with Crippen LogP contribution in [-0.4, -0.2) is 26.8 Å². The summed E-state index contributed by atoms with van der Waals surface area (Å²) in [6.07, 6.45) is 0.370. The van der Waals surface area contributed by atoms with Crippen LogP contribution in [0.25, 0.3) is 22.0 Å². The number of nitrogens with zero attached hydrogens (tertiary/aromatic N) is 3. The Kier molecular flexibility index (Phi) is 5.33. The molecule has 2 heterocycles. The highest BCUT2D eigenvalue weighted by Crippen LogP contribution is 2.28. The molecule has 1 amide bonds. The molecule has 9 heteroatoms. The van der Waals surface area contributed by atoms with Crippen LogP contribution in [0.15, 0.2) is 52.2 Å². The van der Waals surface area contributed by atoms with Gasteiger partial charge >= 0.3 is 0 Å². The van der Waals surface area contributed by atoms with Crippen LogP contribution >= 0.6 is 34.4 Å². The summed E-state index contributed by atoms with van der Waals surface area (Å²) in [5.41, 5.74) is 7.44. The van der Waals surface area contributed by atoms with Crippen molar-refractivity contribution in [1.29, 1.82) is 0 Å². The van der Waals surface area contributed by atoms with E-state index in [4.69, 9.17) is 5.73 Å². The predicted molar refractivity (Wildman–Crippen MR) is 113 cm³/mol. The van der Waals surface area contributed by atoms with Gasteiger partial charge < -0.3 is 11.1 Å². The number of nitrogens with two attached hydrogens (primary N) is 1. The molecule has 0 radical (unpaired) electrons. The van der Waals surface area contributed by atoms with Crippen LogP contribution in [0.5, 0.6) is 0 Å². The van der Waals surface area contributed by atoms with Gasteiger partial charge in [-0.1, -0.05) is 59.5 Å². The molecule has 0 aliphatic carbocycles. The normalized spacial score (nSPS) is 11.0. The van der Waals surface area contributed by atoms with E-state index in [0.717, 1.165) is 15.6 Å². The van der Waals surface area contributed by atoms with Crippen LogP contribution in [-0.2, 0) is 4.79 Å². The van der Waals surface area contributed by atoms with Gasteiger partial charge in [0.1, 0.15) is 0 Å². The van der Waals surface area contributed by atoms with Gasteiger partial charge in [0, 0.05) is 23.1 Å². The fourth-order valence-corrected chi connectivity index (χ4v) is 4.88. The molecule has 0 aliphatic heterocycles. The summed E-state index contributed by atoms with van der Waals surface area (Å²) in [7, 11) is 0. The van der Waals surface area contributed by atoms with E-state index in [0.29, 0.717) is 22.4 Å². The summed E-state index contributed by atoms with van der Waals surface area (Å²) in [5.74, 6) is 0.544. The van der Waals surface area contributed by atoms with Crippen molar-refractivity contribution in [2.75, 3.05) is 16.8 Å². The quantitative estimate of drug-likeness (QED) is 0.452. The van der Waals surface area contributed by atoms with Crippen molar-refractivity contribution in [3.05, 3.63) is 47.8 Å². The van der Waals surface area contributed by atoms with Gasteiger partial charge in [-0.15, -0.1) is 21.5 Å². The lowest BCUT2D eigenvalue weighted by molar-refractivity contribution is -0.115. The summed E-state index contributed by atoms with van der Waals surface area (Å²) < 4.78 is 0.771. The molecule has 3 N–H and O–H groups in total. The average Bonchev–Trinajstić information content (AvgIpc) is 3.30. The van der Waals surface area contributed by atoms with Gasteiger partial charge in [0.2, 0.25) is 11.0 Å². The number of fused-ring (bicyclic) bond motifs is 1. The molecule has 6 nitrogen and oxygen atoms in total. The third-order valence-electron chi connectivity index (χ3n) is 3.77. The molecule has 0 saturated heterocycles. The summed E-state index contributed by atoms with van der Waals surface area (Å²) in [4.78, 5) is 16.7. The second-order valence-corrected chi connectivity index (χ2v) is 8.86. The summed E-state index contributed by atoms with van der Waals surface area (Å²) in [6, 6.07) is 14.5. The average molecular weight is 414 g/mol. The third-order valence-corrected chi connectivity index (χ3v) is 6.42. The van der Waals surface area contributed by atoms with Crippen LogP contribution in [0, 0.1) is 0 Å². The van der Waals surface area contributed by atoms with Crippen LogP contribution in [0.3, 0.4) is 0 Å². The molecule has 0 unspecified atom stereocenters. The van der Waals surface area contributed by atoms with Crippen molar-refractivity contribution in [3.8, 4) is 11.3 Å².